The number of rotatable bonds is 9. The Kier molecular flexibility index (Phi) is 9.07. The predicted octanol–water partition coefficient (Wildman–Crippen LogP) is 2.91. The van der Waals surface area contributed by atoms with E-state index in [0.29, 0.717) is 19.0 Å². The molecule has 0 bridgehead atoms. The van der Waals surface area contributed by atoms with Gasteiger partial charge in [-0.15, -0.1) is 11.6 Å². The largest absolute Gasteiger partial charge is 0.411 e. The van der Waals surface area contributed by atoms with Gasteiger partial charge in [-0.2, -0.15) is 13.2 Å². The van der Waals surface area contributed by atoms with Crippen LogP contribution in [0.4, 0.5) is 13.2 Å². The summed E-state index contributed by atoms with van der Waals surface area (Å²) in [5, 5.41) is 0. The molecule has 0 amide bonds. The number of unbranched alkanes of at least 4 members (excludes halogenated alkanes) is 1. The number of halogens is 4. The average Bonchev–Trinajstić information content (AvgIpc) is 2.19. The number of ether oxygens (including phenoxy) is 1. The molecule has 16 heavy (non-hydrogen) atoms. The van der Waals surface area contributed by atoms with Crippen molar-refractivity contribution in [2.75, 3.05) is 38.7 Å². The van der Waals surface area contributed by atoms with E-state index in [1.54, 1.807) is 0 Å². The first-order valence-corrected chi connectivity index (χ1v) is 5.96. The number of hydrogen-bond acceptors (Lipinski definition) is 2. The molecule has 0 N–H and O–H groups in total. The molecule has 0 saturated carbocycles. The molecule has 6 heteroatoms. The topological polar surface area (TPSA) is 12.5 Å². The van der Waals surface area contributed by atoms with Gasteiger partial charge >= 0.3 is 6.18 Å². The maximum absolute atomic E-state index is 11.8. The van der Waals surface area contributed by atoms with Crippen LogP contribution in [0.5, 0.6) is 0 Å². The molecule has 0 saturated heterocycles. The summed E-state index contributed by atoms with van der Waals surface area (Å²) in [5.41, 5.74) is 0. The van der Waals surface area contributed by atoms with Crippen LogP contribution in [0.1, 0.15) is 19.8 Å². The highest BCUT2D eigenvalue weighted by atomic mass is 35.5. The summed E-state index contributed by atoms with van der Waals surface area (Å²) >= 11 is 5.60. The van der Waals surface area contributed by atoms with Gasteiger partial charge < -0.3 is 4.74 Å². The molecular weight excluding hydrogens is 243 g/mol. The molecule has 0 spiro atoms. The zero-order valence-corrected chi connectivity index (χ0v) is 10.3. The first-order chi connectivity index (χ1) is 7.49. The third-order valence-electron chi connectivity index (χ3n) is 2.05. The number of alkyl halides is 4. The van der Waals surface area contributed by atoms with E-state index in [-0.39, 0.29) is 6.61 Å². The number of nitrogens with zero attached hydrogens (tertiary/aromatic N) is 1. The lowest BCUT2D eigenvalue weighted by atomic mass is 10.3. The zero-order chi connectivity index (χ0) is 12.4. The van der Waals surface area contributed by atoms with Gasteiger partial charge in [-0.25, -0.2) is 0 Å². The number of hydrogen-bond donors (Lipinski definition) is 0. The second kappa shape index (κ2) is 9.07. The predicted molar refractivity (Wildman–Crippen MR) is 58.9 cm³/mol. The van der Waals surface area contributed by atoms with E-state index in [1.165, 1.54) is 0 Å². The Morgan fingerprint density at radius 1 is 1.19 bits per heavy atom. The minimum absolute atomic E-state index is 0.0973. The van der Waals surface area contributed by atoms with E-state index >= 15 is 0 Å². The first kappa shape index (κ1) is 16.0. The van der Waals surface area contributed by atoms with E-state index in [4.69, 9.17) is 11.6 Å². The van der Waals surface area contributed by atoms with Crippen LogP contribution in [0.25, 0.3) is 0 Å². The van der Waals surface area contributed by atoms with Crippen molar-refractivity contribution in [2.45, 2.75) is 25.9 Å². The molecule has 0 aromatic heterocycles. The van der Waals surface area contributed by atoms with E-state index in [9.17, 15) is 13.2 Å². The van der Waals surface area contributed by atoms with Crippen LogP contribution in [0.3, 0.4) is 0 Å². The van der Waals surface area contributed by atoms with Crippen LogP contribution in [0, 0.1) is 0 Å². The van der Waals surface area contributed by atoms with Gasteiger partial charge in [-0.05, 0) is 13.0 Å². The third-order valence-corrected chi connectivity index (χ3v) is 2.22. The molecule has 0 aromatic rings. The summed E-state index contributed by atoms with van der Waals surface area (Å²) in [4.78, 5) is 2.02. The third kappa shape index (κ3) is 10.5. The molecule has 0 rings (SSSR count). The van der Waals surface area contributed by atoms with E-state index in [2.05, 4.69) is 11.7 Å². The van der Waals surface area contributed by atoms with Crippen molar-refractivity contribution in [2.24, 2.45) is 0 Å². The summed E-state index contributed by atoms with van der Waals surface area (Å²) < 4.78 is 39.9. The standard InChI is InChI=1S/C10H19ClF3NO/c1-2-3-5-15(6-4-11)7-8-16-9-10(12,13)14/h2-9H2,1H3. The lowest BCUT2D eigenvalue weighted by Gasteiger charge is -2.20. The van der Waals surface area contributed by atoms with Crippen molar-refractivity contribution < 1.29 is 17.9 Å². The normalized spacial score (nSPS) is 12.4. The first-order valence-electron chi connectivity index (χ1n) is 5.42. The van der Waals surface area contributed by atoms with E-state index in [0.717, 1.165) is 19.4 Å². The minimum atomic E-state index is -4.24. The fraction of sp³-hybridized carbons (Fsp3) is 1.00. The van der Waals surface area contributed by atoms with Crippen LogP contribution in [0.2, 0.25) is 0 Å². The summed E-state index contributed by atoms with van der Waals surface area (Å²) in [6, 6.07) is 0. The van der Waals surface area contributed by atoms with Crippen LogP contribution >= 0.6 is 11.6 Å². The van der Waals surface area contributed by atoms with E-state index in [1.807, 2.05) is 4.90 Å². The van der Waals surface area contributed by atoms with Gasteiger partial charge in [-0.3, -0.25) is 4.90 Å². The smallest absolute Gasteiger partial charge is 0.371 e. The molecule has 0 fully saturated rings. The van der Waals surface area contributed by atoms with Gasteiger partial charge in [0.2, 0.25) is 0 Å². The van der Waals surface area contributed by atoms with Crippen molar-refractivity contribution in [3.8, 4) is 0 Å². The SMILES string of the molecule is CCCCN(CCCl)CCOCC(F)(F)F. The second-order valence-corrected chi connectivity index (χ2v) is 3.93. The quantitative estimate of drug-likeness (QED) is 0.467. The monoisotopic (exact) mass is 261 g/mol. The molecule has 0 aliphatic rings. The molecule has 0 aliphatic carbocycles. The van der Waals surface area contributed by atoms with Crippen LogP contribution in [0.15, 0.2) is 0 Å². The summed E-state index contributed by atoms with van der Waals surface area (Å²) in [6.07, 6.45) is -2.15. The Morgan fingerprint density at radius 2 is 1.88 bits per heavy atom. The fourth-order valence-corrected chi connectivity index (χ4v) is 1.46. The van der Waals surface area contributed by atoms with Crippen LogP contribution in [-0.2, 0) is 4.74 Å². The van der Waals surface area contributed by atoms with Crippen molar-refractivity contribution in [3.63, 3.8) is 0 Å². The highest BCUT2D eigenvalue weighted by Gasteiger charge is 2.27. The van der Waals surface area contributed by atoms with Gasteiger partial charge in [0, 0.05) is 19.0 Å². The van der Waals surface area contributed by atoms with Gasteiger partial charge in [0.1, 0.15) is 6.61 Å². The molecule has 98 valence electrons. The van der Waals surface area contributed by atoms with Gasteiger partial charge in [-0.1, -0.05) is 13.3 Å². The Hall–Kier alpha value is -0.0000000000000000555. The fourth-order valence-electron chi connectivity index (χ4n) is 1.22. The molecule has 2 nitrogen and oxygen atoms in total. The van der Waals surface area contributed by atoms with Crippen molar-refractivity contribution >= 4 is 11.6 Å². The van der Waals surface area contributed by atoms with Crippen molar-refractivity contribution in [3.05, 3.63) is 0 Å². The Labute approximate surface area is 99.7 Å². The van der Waals surface area contributed by atoms with Crippen molar-refractivity contribution in [1.82, 2.24) is 4.90 Å². The highest BCUT2D eigenvalue weighted by Crippen LogP contribution is 2.14. The van der Waals surface area contributed by atoms with E-state index < -0.39 is 12.8 Å². The molecule has 0 unspecified atom stereocenters. The van der Waals surface area contributed by atoms with Crippen LogP contribution in [-0.4, -0.2) is 49.8 Å². The minimum Gasteiger partial charge on any atom is -0.371 e. The summed E-state index contributed by atoms with van der Waals surface area (Å²) in [6.45, 7) is 3.05. The summed E-state index contributed by atoms with van der Waals surface area (Å²) in [5.74, 6) is 0.489. The molecule has 0 atom stereocenters. The average molecular weight is 262 g/mol. The van der Waals surface area contributed by atoms with Crippen LogP contribution < -0.4 is 0 Å². The lowest BCUT2D eigenvalue weighted by Crippen LogP contribution is -2.31. The maximum atomic E-state index is 11.8. The lowest BCUT2D eigenvalue weighted by molar-refractivity contribution is -0.174. The zero-order valence-electron chi connectivity index (χ0n) is 9.52. The van der Waals surface area contributed by atoms with Gasteiger partial charge in [0.15, 0.2) is 0 Å². The molecular formula is C10H19ClF3NO. The van der Waals surface area contributed by atoms with Crippen molar-refractivity contribution in [1.29, 1.82) is 0 Å². The Bertz CT molecular complexity index is 167. The molecule has 0 radical (unpaired) electrons. The Morgan fingerprint density at radius 3 is 2.38 bits per heavy atom. The molecule has 0 aromatic carbocycles. The Balaban J connectivity index is 3.59. The second-order valence-electron chi connectivity index (χ2n) is 3.55. The van der Waals surface area contributed by atoms with Gasteiger partial charge in [0.25, 0.3) is 0 Å². The molecule has 0 heterocycles. The summed E-state index contributed by atoms with van der Waals surface area (Å²) in [7, 11) is 0. The maximum Gasteiger partial charge on any atom is 0.411 e. The highest BCUT2D eigenvalue weighted by molar-refractivity contribution is 6.18. The molecule has 0 aliphatic heterocycles. The van der Waals surface area contributed by atoms with Gasteiger partial charge in [0.05, 0.1) is 6.61 Å².